The van der Waals surface area contributed by atoms with Gasteiger partial charge in [0.2, 0.25) is 17.8 Å². The van der Waals surface area contributed by atoms with Gasteiger partial charge in [-0.15, -0.1) is 0 Å². The smallest absolute Gasteiger partial charge is 0.229 e. The lowest BCUT2D eigenvalue weighted by atomic mass is 9.85. The summed E-state index contributed by atoms with van der Waals surface area (Å²) in [4.78, 5) is 36.6. The number of aromatic nitrogens is 2. The Morgan fingerprint density at radius 2 is 1.70 bits per heavy atom. The van der Waals surface area contributed by atoms with Crippen LogP contribution in [0.15, 0.2) is 48.5 Å². The van der Waals surface area contributed by atoms with E-state index in [9.17, 15) is 9.59 Å². The number of nitrogens with one attached hydrogen (secondary N) is 3. The molecule has 4 rings (SSSR count). The quantitative estimate of drug-likeness (QED) is 0.422. The lowest BCUT2D eigenvalue weighted by Gasteiger charge is -2.28. The average Bonchev–Trinajstić information content (AvgIpc) is 2.87. The van der Waals surface area contributed by atoms with Gasteiger partial charge in [-0.2, -0.15) is 4.98 Å². The fraction of sp³-hybridized carbons (Fsp3) is 0.448. The largest absolute Gasteiger partial charge is 0.362 e. The maximum absolute atomic E-state index is 12.9. The van der Waals surface area contributed by atoms with Crippen molar-refractivity contribution in [1.82, 2.24) is 15.3 Å². The van der Waals surface area contributed by atoms with Gasteiger partial charge in [0.15, 0.2) is 0 Å². The maximum atomic E-state index is 12.9. The molecule has 196 valence electrons. The van der Waals surface area contributed by atoms with E-state index in [1.54, 1.807) is 0 Å². The van der Waals surface area contributed by atoms with Gasteiger partial charge in [-0.3, -0.25) is 9.59 Å². The van der Waals surface area contributed by atoms with Crippen LogP contribution in [0.2, 0.25) is 0 Å². The molecule has 1 aliphatic carbocycles. The summed E-state index contributed by atoms with van der Waals surface area (Å²) in [7, 11) is 3.97. The molecule has 3 aromatic rings. The van der Waals surface area contributed by atoms with E-state index >= 15 is 0 Å². The molecule has 0 bridgehead atoms. The minimum Gasteiger partial charge on any atom is -0.362 e. The van der Waals surface area contributed by atoms with Crippen LogP contribution >= 0.6 is 0 Å². The van der Waals surface area contributed by atoms with Crippen molar-refractivity contribution in [2.75, 3.05) is 29.6 Å². The van der Waals surface area contributed by atoms with Crippen LogP contribution < -0.4 is 20.9 Å². The zero-order chi connectivity index (χ0) is 26.6. The summed E-state index contributed by atoms with van der Waals surface area (Å²) in [5.41, 5.74) is 2.15. The van der Waals surface area contributed by atoms with Crippen LogP contribution in [0.25, 0.3) is 10.9 Å². The van der Waals surface area contributed by atoms with Gasteiger partial charge in [0.25, 0.3) is 0 Å². The van der Waals surface area contributed by atoms with Crippen LogP contribution in [0.5, 0.6) is 0 Å². The number of rotatable bonds is 7. The van der Waals surface area contributed by atoms with Crippen LogP contribution in [0, 0.1) is 11.3 Å². The Morgan fingerprint density at radius 3 is 2.41 bits per heavy atom. The Bertz CT molecular complexity index is 1260. The number of hydrogen-bond donors (Lipinski definition) is 3. The van der Waals surface area contributed by atoms with Crippen LogP contribution in [-0.4, -0.2) is 41.9 Å². The first-order valence-electron chi connectivity index (χ1n) is 13.0. The van der Waals surface area contributed by atoms with Gasteiger partial charge in [-0.1, -0.05) is 45.0 Å². The predicted octanol–water partition coefficient (Wildman–Crippen LogP) is 4.97. The lowest BCUT2D eigenvalue weighted by Crippen LogP contribution is -2.36. The zero-order valence-electron chi connectivity index (χ0n) is 22.5. The summed E-state index contributed by atoms with van der Waals surface area (Å²) in [6, 6.07) is 15.9. The monoisotopic (exact) mass is 502 g/mol. The average molecular weight is 503 g/mol. The van der Waals surface area contributed by atoms with Crippen molar-refractivity contribution in [3.05, 3.63) is 54.1 Å². The molecule has 0 atom stereocenters. The van der Waals surface area contributed by atoms with E-state index in [-0.39, 0.29) is 23.8 Å². The molecule has 0 saturated heterocycles. The van der Waals surface area contributed by atoms with Crippen LogP contribution in [-0.2, 0) is 16.1 Å². The second-order valence-corrected chi connectivity index (χ2v) is 11.1. The van der Waals surface area contributed by atoms with Gasteiger partial charge < -0.3 is 20.9 Å². The first-order chi connectivity index (χ1) is 17.6. The molecule has 3 N–H and O–H groups in total. The molecule has 2 aromatic carbocycles. The van der Waals surface area contributed by atoms with Crippen LogP contribution in [0.1, 0.15) is 52.0 Å². The standard InChI is InChI=1S/C29H38N6O2/c1-29(2,3)27(37)31-22-10-8-9-19(17-22)18-30-26(36)20-13-15-21(16-14-20)32-28-33-24-12-7-6-11-23(24)25(34-28)35(4)5/h6-12,17,20-21H,13-16,18H2,1-5H3,(H,30,36)(H,31,37)(H,32,33,34)/t20-,21+. The molecule has 1 saturated carbocycles. The number of nitrogens with zero attached hydrogens (tertiary/aromatic N) is 3. The number of anilines is 3. The fourth-order valence-electron chi connectivity index (χ4n) is 4.56. The number of carbonyl (C=O) groups is 2. The maximum Gasteiger partial charge on any atom is 0.229 e. The summed E-state index contributed by atoms with van der Waals surface area (Å²) in [5, 5.41) is 10.6. The van der Waals surface area contributed by atoms with Crippen molar-refractivity contribution in [2.45, 2.75) is 59.0 Å². The van der Waals surface area contributed by atoms with Gasteiger partial charge in [0.05, 0.1) is 5.52 Å². The molecule has 1 heterocycles. The van der Waals surface area contributed by atoms with Crippen molar-refractivity contribution in [2.24, 2.45) is 11.3 Å². The van der Waals surface area contributed by atoms with Crippen molar-refractivity contribution in [3.8, 4) is 0 Å². The number of para-hydroxylation sites is 1. The Labute approximate surface area is 219 Å². The second kappa shape index (κ2) is 11.2. The van der Waals surface area contributed by atoms with Crippen molar-refractivity contribution in [1.29, 1.82) is 0 Å². The van der Waals surface area contributed by atoms with Gasteiger partial charge in [-0.05, 0) is 55.5 Å². The molecule has 1 aromatic heterocycles. The summed E-state index contributed by atoms with van der Waals surface area (Å²) >= 11 is 0. The highest BCUT2D eigenvalue weighted by molar-refractivity contribution is 5.94. The van der Waals surface area contributed by atoms with Crippen molar-refractivity contribution in [3.63, 3.8) is 0 Å². The molecule has 8 heteroatoms. The number of benzene rings is 2. The number of carbonyl (C=O) groups excluding carboxylic acids is 2. The molecule has 8 nitrogen and oxygen atoms in total. The summed E-state index contributed by atoms with van der Waals surface area (Å²) in [6.07, 6.45) is 3.42. The lowest BCUT2D eigenvalue weighted by molar-refractivity contribution is -0.126. The summed E-state index contributed by atoms with van der Waals surface area (Å²) in [6.45, 7) is 6.08. The van der Waals surface area contributed by atoms with E-state index in [0.717, 1.165) is 53.7 Å². The molecule has 37 heavy (non-hydrogen) atoms. The normalized spacial score (nSPS) is 17.8. The third-order valence-electron chi connectivity index (χ3n) is 6.77. The minimum absolute atomic E-state index is 0.00307. The Hall–Kier alpha value is -3.68. The highest BCUT2D eigenvalue weighted by Crippen LogP contribution is 2.28. The predicted molar refractivity (Wildman–Crippen MR) is 150 cm³/mol. The molecule has 0 spiro atoms. The van der Waals surface area contributed by atoms with E-state index in [1.807, 2.05) is 88.3 Å². The Balaban J connectivity index is 1.29. The van der Waals surface area contributed by atoms with Crippen LogP contribution in [0.3, 0.4) is 0 Å². The van der Waals surface area contributed by atoms with E-state index < -0.39 is 5.41 Å². The molecule has 1 fully saturated rings. The summed E-state index contributed by atoms with van der Waals surface area (Å²) in [5.74, 6) is 1.57. The van der Waals surface area contributed by atoms with E-state index in [4.69, 9.17) is 9.97 Å². The zero-order valence-corrected chi connectivity index (χ0v) is 22.5. The molecule has 0 radical (unpaired) electrons. The van der Waals surface area contributed by atoms with Gasteiger partial charge in [0.1, 0.15) is 5.82 Å². The molecule has 0 aliphatic heterocycles. The molecule has 1 aliphatic rings. The SMILES string of the molecule is CN(C)c1nc(N[C@H]2CC[C@@H](C(=O)NCc3cccc(NC(=O)C(C)(C)C)c3)CC2)nc2ccccc12. The number of amides is 2. The van der Waals surface area contributed by atoms with E-state index in [1.165, 1.54) is 0 Å². The van der Waals surface area contributed by atoms with Gasteiger partial charge >= 0.3 is 0 Å². The third kappa shape index (κ3) is 6.76. The van der Waals surface area contributed by atoms with Crippen molar-refractivity contribution >= 4 is 40.2 Å². The third-order valence-corrected chi connectivity index (χ3v) is 6.77. The second-order valence-electron chi connectivity index (χ2n) is 11.1. The van der Waals surface area contributed by atoms with E-state index in [2.05, 4.69) is 16.0 Å². The van der Waals surface area contributed by atoms with Crippen molar-refractivity contribution < 1.29 is 9.59 Å². The molecular formula is C29H38N6O2. The molecule has 0 unspecified atom stereocenters. The molecular weight excluding hydrogens is 464 g/mol. The van der Waals surface area contributed by atoms with Crippen LogP contribution in [0.4, 0.5) is 17.5 Å². The highest BCUT2D eigenvalue weighted by atomic mass is 16.2. The summed E-state index contributed by atoms with van der Waals surface area (Å²) < 4.78 is 0. The molecule has 2 amide bonds. The van der Waals surface area contributed by atoms with Gasteiger partial charge in [-0.25, -0.2) is 4.98 Å². The Kier molecular flexibility index (Phi) is 7.95. The first kappa shape index (κ1) is 26.4. The van der Waals surface area contributed by atoms with E-state index in [0.29, 0.717) is 12.5 Å². The Morgan fingerprint density at radius 1 is 0.973 bits per heavy atom. The van der Waals surface area contributed by atoms with Gasteiger partial charge in [0, 0.05) is 49.1 Å². The minimum atomic E-state index is -0.465. The number of hydrogen-bond acceptors (Lipinski definition) is 6. The fourth-order valence-corrected chi connectivity index (χ4v) is 4.56. The number of fused-ring (bicyclic) bond motifs is 1. The first-order valence-corrected chi connectivity index (χ1v) is 13.0. The highest BCUT2D eigenvalue weighted by Gasteiger charge is 2.27. The topological polar surface area (TPSA) is 99.3 Å².